The molecule has 0 radical (unpaired) electrons. The van der Waals surface area contributed by atoms with Crippen LogP contribution in [-0.2, 0) is 13.6 Å². The van der Waals surface area contributed by atoms with Gasteiger partial charge in [-0.05, 0) is 6.07 Å². The highest BCUT2D eigenvalue weighted by Crippen LogP contribution is 2.13. The molecular weight excluding hydrogens is 262 g/mol. The Balaban J connectivity index is 1.64. The molecule has 3 aromatic heterocycles. The van der Waals surface area contributed by atoms with Gasteiger partial charge in [0, 0.05) is 19.4 Å². The van der Waals surface area contributed by atoms with Crippen LogP contribution < -0.4 is 5.32 Å². The van der Waals surface area contributed by atoms with Crippen LogP contribution in [0, 0.1) is 0 Å². The van der Waals surface area contributed by atoms with Crippen LogP contribution in [0.1, 0.15) is 16.4 Å². The first kappa shape index (κ1) is 12.1. The summed E-state index contributed by atoms with van der Waals surface area (Å²) in [5.74, 6) is 0.462. The highest BCUT2D eigenvalue weighted by Gasteiger charge is 2.12. The summed E-state index contributed by atoms with van der Waals surface area (Å²) in [6.45, 7) is 0.144. The lowest BCUT2D eigenvalue weighted by molar-refractivity contribution is 0.0941. The number of aromatic nitrogens is 6. The molecule has 3 heterocycles. The zero-order valence-electron chi connectivity index (χ0n) is 10.6. The molecule has 0 aliphatic rings. The fraction of sp³-hybridized carbons (Fsp3) is 0.182. The van der Waals surface area contributed by atoms with Crippen LogP contribution in [0.2, 0.25) is 0 Å². The maximum Gasteiger partial charge on any atom is 0.269 e. The average molecular weight is 273 g/mol. The topological polar surface area (TPSA) is 115 Å². The monoisotopic (exact) mass is 273 g/mol. The van der Waals surface area contributed by atoms with Gasteiger partial charge in [-0.25, -0.2) is 0 Å². The zero-order chi connectivity index (χ0) is 13.9. The van der Waals surface area contributed by atoms with Crippen LogP contribution in [0.5, 0.6) is 0 Å². The second-order valence-electron chi connectivity index (χ2n) is 4.07. The molecule has 0 saturated carbocycles. The van der Waals surface area contributed by atoms with Gasteiger partial charge in [0.15, 0.2) is 0 Å². The summed E-state index contributed by atoms with van der Waals surface area (Å²) in [6, 6.07) is 1.57. The third kappa shape index (κ3) is 2.41. The summed E-state index contributed by atoms with van der Waals surface area (Å²) in [7, 11) is 1.80. The number of H-pyrrole nitrogens is 1. The van der Waals surface area contributed by atoms with Crippen LogP contribution >= 0.6 is 0 Å². The molecule has 0 unspecified atom stereocenters. The Morgan fingerprint density at radius 2 is 2.45 bits per heavy atom. The van der Waals surface area contributed by atoms with E-state index < -0.39 is 0 Å². The van der Waals surface area contributed by atoms with Gasteiger partial charge in [-0.1, -0.05) is 5.16 Å². The van der Waals surface area contributed by atoms with E-state index in [2.05, 4.69) is 30.8 Å². The molecule has 0 aliphatic carbocycles. The fourth-order valence-electron chi connectivity index (χ4n) is 1.61. The number of nitrogens with one attached hydrogen (secondary N) is 2. The number of nitrogens with zero attached hydrogens (tertiary/aromatic N) is 5. The van der Waals surface area contributed by atoms with E-state index in [0.717, 1.165) is 5.56 Å². The maximum atomic E-state index is 11.7. The Morgan fingerprint density at radius 3 is 3.15 bits per heavy atom. The second kappa shape index (κ2) is 4.96. The largest absolute Gasteiger partial charge is 0.342 e. The lowest BCUT2D eigenvalue weighted by atomic mass is 10.3. The quantitative estimate of drug-likeness (QED) is 0.698. The van der Waals surface area contributed by atoms with Gasteiger partial charge in [-0.2, -0.15) is 15.2 Å². The number of carbonyl (C=O) groups excluding carboxylic acids is 1. The highest BCUT2D eigenvalue weighted by molar-refractivity contribution is 5.91. The lowest BCUT2D eigenvalue weighted by Crippen LogP contribution is -2.23. The molecule has 9 nitrogen and oxygen atoms in total. The van der Waals surface area contributed by atoms with Crippen molar-refractivity contribution in [3.05, 3.63) is 36.2 Å². The number of amides is 1. The van der Waals surface area contributed by atoms with E-state index in [9.17, 15) is 4.79 Å². The molecule has 0 atom stereocenters. The van der Waals surface area contributed by atoms with E-state index in [1.807, 2.05) is 0 Å². The predicted molar refractivity (Wildman–Crippen MR) is 66.3 cm³/mol. The Bertz CT molecular complexity index is 713. The van der Waals surface area contributed by atoms with E-state index in [0.29, 0.717) is 17.4 Å². The molecule has 20 heavy (non-hydrogen) atoms. The summed E-state index contributed by atoms with van der Waals surface area (Å²) in [6.07, 6.45) is 4.91. The van der Waals surface area contributed by atoms with E-state index in [-0.39, 0.29) is 12.5 Å². The minimum atomic E-state index is -0.288. The van der Waals surface area contributed by atoms with Gasteiger partial charge in [0.1, 0.15) is 5.69 Å². The smallest absolute Gasteiger partial charge is 0.269 e. The molecule has 0 fully saturated rings. The predicted octanol–water partition coefficient (Wildman–Crippen LogP) is 0.123. The first-order chi connectivity index (χ1) is 9.72. The van der Waals surface area contributed by atoms with Crippen molar-refractivity contribution in [2.45, 2.75) is 6.54 Å². The van der Waals surface area contributed by atoms with Crippen molar-refractivity contribution in [1.29, 1.82) is 0 Å². The van der Waals surface area contributed by atoms with E-state index in [4.69, 9.17) is 4.52 Å². The van der Waals surface area contributed by atoms with Crippen molar-refractivity contribution in [2.24, 2.45) is 7.05 Å². The lowest BCUT2D eigenvalue weighted by Gasteiger charge is -1.98. The van der Waals surface area contributed by atoms with Crippen LogP contribution in [-0.4, -0.2) is 36.0 Å². The van der Waals surface area contributed by atoms with Gasteiger partial charge < -0.3 is 9.84 Å². The first-order valence-electron chi connectivity index (χ1n) is 5.81. The van der Waals surface area contributed by atoms with Crippen LogP contribution in [0.25, 0.3) is 11.4 Å². The third-order valence-corrected chi connectivity index (χ3v) is 2.58. The molecule has 102 valence electrons. The number of hydrogen-bond donors (Lipinski definition) is 2. The normalized spacial score (nSPS) is 10.7. The Kier molecular flexibility index (Phi) is 2.99. The van der Waals surface area contributed by atoms with Gasteiger partial charge in [0.2, 0.25) is 11.7 Å². The SMILES string of the molecule is Cn1cc(-c2noc(CNC(=O)c3ccn[nH]3)n2)cn1. The summed E-state index contributed by atoms with van der Waals surface area (Å²) in [5.41, 5.74) is 1.12. The molecule has 3 aromatic rings. The standard InChI is InChI=1S/C11H11N7O2/c1-18-6-7(4-14-18)10-15-9(20-17-10)5-12-11(19)8-2-3-13-16-8/h2-4,6H,5H2,1H3,(H,12,19)(H,13,16). The molecule has 0 spiro atoms. The fourth-order valence-corrected chi connectivity index (χ4v) is 1.61. The first-order valence-corrected chi connectivity index (χ1v) is 5.81. The Hall–Kier alpha value is -2.97. The van der Waals surface area contributed by atoms with Gasteiger partial charge in [-0.15, -0.1) is 0 Å². The number of carbonyl (C=O) groups is 1. The van der Waals surface area contributed by atoms with Crippen molar-refractivity contribution < 1.29 is 9.32 Å². The molecule has 0 bridgehead atoms. The summed E-state index contributed by atoms with van der Waals surface area (Å²) >= 11 is 0. The van der Waals surface area contributed by atoms with Crippen molar-refractivity contribution in [3.8, 4) is 11.4 Å². The summed E-state index contributed by atoms with van der Waals surface area (Å²) in [4.78, 5) is 15.8. The van der Waals surface area contributed by atoms with Crippen LogP contribution in [0.3, 0.4) is 0 Å². The minimum Gasteiger partial charge on any atom is -0.342 e. The molecule has 0 aliphatic heterocycles. The molecule has 3 rings (SSSR count). The number of aromatic amines is 1. The molecular formula is C11H11N7O2. The van der Waals surface area contributed by atoms with Gasteiger partial charge in [-0.3, -0.25) is 14.6 Å². The van der Waals surface area contributed by atoms with E-state index in [1.54, 1.807) is 30.2 Å². The molecule has 1 amide bonds. The van der Waals surface area contributed by atoms with Gasteiger partial charge in [0.05, 0.1) is 18.3 Å². The van der Waals surface area contributed by atoms with Crippen molar-refractivity contribution >= 4 is 5.91 Å². The Labute approximate surface area is 113 Å². The van der Waals surface area contributed by atoms with Crippen LogP contribution in [0.15, 0.2) is 29.2 Å². The number of rotatable bonds is 4. The third-order valence-electron chi connectivity index (χ3n) is 2.58. The molecule has 9 heteroatoms. The number of aryl methyl sites for hydroxylation is 1. The van der Waals surface area contributed by atoms with Crippen LogP contribution in [0.4, 0.5) is 0 Å². The van der Waals surface area contributed by atoms with Crippen molar-refractivity contribution in [1.82, 2.24) is 35.4 Å². The summed E-state index contributed by atoms with van der Waals surface area (Å²) in [5, 5.41) is 16.8. The maximum absolute atomic E-state index is 11.7. The van der Waals surface area contributed by atoms with Gasteiger partial charge >= 0.3 is 0 Å². The average Bonchev–Trinajstić information content (AvgIpc) is 3.16. The summed E-state index contributed by atoms with van der Waals surface area (Å²) < 4.78 is 6.70. The second-order valence-corrected chi connectivity index (χ2v) is 4.07. The minimum absolute atomic E-state index is 0.144. The Morgan fingerprint density at radius 1 is 1.55 bits per heavy atom. The van der Waals surface area contributed by atoms with Crippen molar-refractivity contribution in [2.75, 3.05) is 0 Å². The van der Waals surface area contributed by atoms with E-state index >= 15 is 0 Å². The number of hydrogen-bond acceptors (Lipinski definition) is 6. The van der Waals surface area contributed by atoms with E-state index in [1.165, 1.54) is 6.20 Å². The molecule has 2 N–H and O–H groups in total. The van der Waals surface area contributed by atoms with Crippen molar-refractivity contribution in [3.63, 3.8) is 0 Å². The van der Waals surface area contributed by atoms with Gasteiger partial charge in [0.25, 0.3) is 5.91 Å². The molecule has 0 aromatic carbocycles. The zero-order valence-corrected chi connectivity index (χ0v) is 10.6. The highest BCUT2D eigenvalue weighted by atomic mass is 16.5. The molecule has 0 saturated heterocycles.